The summed E-state index contributed by atoms with van der Waals surface area (Å²) < 4.78 is 5.19. The smallest absolute Gasteiger partial charge is 0.335 e. The van der Waals surface area contributed by atoms with Crippen LogP contribution in [0.3, 0.4) is 0 Å². The van der Waals surface area contributed by atoms with Crippen LogP contribution in [0.25, 0.3) is 0 Å². The number of methoxy groups -OCH3 is 1. The van der Waals surface area contributed by atoms with Crippen molar-refractivity contribution < 1.29 is 9.53 Å². The molecule has 5 heteroatoms. The molecule has 26 heavy (non-hydrogen) atoms. The number of nitrogens with one attached hydrogen (secondary N) is 1. The van der Waals surface area contributed by atoms with Crippen molar-refractivity contribution in [2.75, 3.05) is 25.5 Å². The van der Waals surface area contributed by atoms with Crippen LogP contribution in [0.1, 0.15) is 25.3 Å². The molecule has 136 valence electrons. The highest BCUT2D eigenvalue weighted by Gasteiger charge is 2.66. The quantitative estimate of drug-likeness (QED) is 0.492. The Morgan fingerprint density at radius 1 is 1.42 bits per heavy atom. The summed E-state index contributed by atoms with van der Waals surface area (Å²) in [5.41, 5.74) is 3.70. The molecule has 3 aliphatic heterocycles. The van der Waals surface area contributed by atoms with E-state index in [-0.39, 0.29) is 28.2 Å². The molecular formula is C21H23ClN2O2. The van der Waals surface area contributed by atoms with Gasteiger partial charge in [0, 0.05) is 41.3 Å². The minimum atomic E-state index is -0.275. The molecule has 1 saturated heterocycles. The van der Waals surface area contributed by atoms with E-state index < -0.39 is 0 Å². The fourth-order valence-electron chi connectivity index (χ4n) is 5.98. The third-order valence-corrected chi connectivity index (χ3v) is 7.38. The van der Waals surface area contributed by atoms with Crippen molar-refractivity contribution in [1.29, 1.82) is 0 Å². The van der Waals surface area contributed by atoms with Crippen LogP contribution < -0.4 is 5.32 Å². The normalized spacial score (nSPS) is 35.4. The van der Waals surface area contributed by atoms with Crippen LogP contribution in [-0.2, 0) is 14.9 Å². The molecule has 0 saturated carbocycles. The Hall–Kier alpha value is -1.78. The molecule has 1 aromatic rings. The largest absolute Gasteiger partial charge is 0.466 e. The molecule has 1 aromatic carbocycles. The van der Waals surface area contributed by atoms with Crippen LogP contribution >= 0.6 is 11.6 Å². The Morgan fingerprint density at radius 3 is 3.00 bits per heavy atom. The zero-order valence-electron chi connectivity index (χ0n) is 15.1. The number of hydrogen-bond acceptors (Lipinski definition) is 4. The number of esters is 1. The van der Waals surface area contributed by atoms with Gasteiger partial charge in [-0.1, -0.05) is 30.4 Å². The highest BCUT2D eigenvalue weighted by Crippen LogP contribution is 2.64. The lowest BCUT2D eigenvalue weighted by molar-refractivity contribution is -0.137. The Kier molecular flexibility index (Phi) is 3.38. The fraction of sp³-hybridized carbons (Fsp3) is 0.476. The van der Waals surface area contributed by atoms with E-state index in [1.54, 1.807) is 0 Å². The van der Waals surface area contributed by atoms with E-state index in [1.165, 1.54) is 12.7 Å². The molecule has 3 heterocycles. The van der Waals surface area contributed by atoms with E-state index in [1.807, 2.05) is 6.07 Å². The first-order chi connectivity index (χ1) is 12.5. The fourth-order valence-corrected chi connectivity index (χ4v) is 6.25. The molecule has 1 aliphatic carbocycles. The van der Waals surface area contributed by atoms with E-state index in [0.717, 1.165) is 36.5 Å². The molecule has 0 amide bonds. The Balaban J connectivity index is 1.84. The number of hydrogen-bond donors (Lipinski definition) is 1. The summed E-state index contributed by atoms with van der Waals surface area (Å²) in [6.45, 7) is 4.02. The second-order valence-corrected chi connectivity index (χ2v) is 8.60. The predicted octanol–water partition coefficient (Wildman–Crippen LogP) is 3.44. The van der Waals surface area contributed by atoms with Crippen LogP contribution in [0, 0.1) is 5.41 Å². The van der Waals surface area contributed by atoms with Crippen LogP contribution in [0.5, 0.6) is 0 Å². The van der Waals surface area contributed by atoms with Crippen molar-refractivity contribution in [2.24, 2.45) is 5.41 Å². The van der Waals surface area contributed by atoms with Gasteiger partial charge in [-0.3, -0.25) is 4.90 Å². The summed E-state index contributed by atoms with van der Waals surface area (Å²) in [7, 11) is 1.46. The van der Waals surface area contributed by atoms with Crippen LogP contribution in [-0.4, -0.2) is 42.5 Å². The van der Waals surface area contributed by atoms with Gasteiger partial charge in [0.25, 0.3) is 0 Å². The van der Waals surface area contributed by atoms with Crippen molar-refractivity contribution >= 4 is 23.3 Å². The van der Waals surface area contributed by atoms with Gasteiger partial charge in [0.2, 0.25) is 0 Å². The van der Waals surface area contributed by atoms with Crippen molar-refractivity contribution in [3.63, 3.8) is 0 Å². The molecule has 0 aromatic heterocycles. The van der Waals surface area contributed by atoms with Gasteiger partial charge in [0.05, 0.1) is 18.1 Å². The van der Waals surface area contributed by atoms with E-state index in [9.17, 15) is 4.79 Å². The Labute approximate surface area is 158 Å². The summed E-state index contributed by atoms with van der Waals surface area (Å²) in [6, 6.07) is 8.71. The monoisotopic (exact) mass is 370 g/mol. The van der Waals surface area contributed by atoms with E-state index in [4.69, 9.17) is 16.3 Å². The zero-order chi connectivity index (χ0) is 18.1. The summed E-state index contributed by atoms with van der Waals surface area (Å²) in [4.78, 5) is 15.3. The maximum absolute atomic E-state index is 12.8. The van der Waals surface area contributed by atoms with Crippen LogP contribution in [0.4, 0.5) is 5.69 Å². The second kappa shape index (κ2) is 5.37. The van der Waals surface area contributed by atoms with Crippen molar-refractivity contribution in [3.8, 4) is 0 Å². The Morgan fingerprint density at radius 2 is 2.23 bits per heavy atom. The van der Waals surface area contributed by atoms with Crippen molar-refractivity contribution in [2.45, 2.75) is 36.6 Å². The van der Waals surface area contributed by atoms with Gasteiger partial charge >= 0.3 is 5.97 Å². The van der Waals surface area contributed by atoms with Crippen molar-refractivity contribution in [3.05, 3.63) is 53.3 Å². The lowest BCUT2D eigenvalue weighted by Crippen LogP contribution is -2.61. The lowest BCUT2D eigenvalue weighted by atomic mass is 9.55. The van der Waals surface area contributed by atoms with Crippen LogP contribution in [0.2, 0.25) is 0 Å². The topological polar surface area (TPSA) is 41.6 Å². The summed E-state index contributed by atoms with van der Waals surface area (Å²) in [5, 5.41) is 3.51. The van der Waals surface area contributed by atoms with E-state index in [0.29, 0.717) is 6.42 Å². The first kappa shape index (κ1) is 16.4. The lowest BCUT2D eigenvalue weighted by Gasteiger charge is -2.55. The first-order valence-corrected chi connectivity index (χ1v) is 9.72. The molecule has 1 N–H and O–H groups in total. The molecule has 1 spiro atoms. The molecule has 5 rings (SSSR count). The summed E-state index contributed by atoms with van der Waals surface area (Å²) >= 11 is 6.83. The Bertz CT molecular complexity index is 861. The standard InChI is InChI=1S/C21H23ClN2O2/c1-13(22)20-8-5-10-24-11-9-21(19(20)24)15-6-3-4-7-16(15)23-17(21)14(12-20)18(25)26-2/h3-8,13,19,23H,9-12H2,1-2H3. The average Bonchev–Trinajstić information content (AvgIpc) is 3.21. The van der Waals surface area contributed by atoms with Crippen molar-refractivity contribution in [1.82, 2.24) is 4.90 Å². The maximum atomic E-state index is 12.8. The number of anilines is 1. The van der Waals surface area contributed by atoms with E-state index in [2.05, 4.69) is 47.5 Å². The van der Waals surface area contributed by atoms with Gasteiger partial charge in [-0.05, 0) is 31.4 Å². The van der Waals surface area contributed by atoms with Gasteiger partial charge in [0.15, 0.2) is 0 Å². The first-order valence-electron chi connectivity index (χ1n) is 9.29. The minimum Gasteiger partial charge on any atom is -0.466 e. The molecule has 4 atom stereocenters. The van der Waals surface area contributed by atoms with Gasteiger partial charge in [0.1, 0.15) is 0 Å². The molecular weight excluding hydrogens is 348 g/mol. The second-order valence-electron chi connectivity index (χ2n) is 7.94. The number of halogens is 1. The summed E-state index contributed by atoms with van der Waals surface area (Å²) in [5.74, 6) is -0.243. The van der Waals surface area contributed by atoms with Gasteiger partial charge < -0.3 is 10.1 Å². The third-order valence-electron chi connectivity index (χ3n) is 6.97. The SMILES string of the molecule is COC(=O)C1=C2Nc3ccccc3C23CCN2CC=CC(C(C)Cl)(C1)C23. The van der Waals surface area contributed by atoms with Gasteiger partial charge in [-0.2, -0.15) is 0 Å². The number of ether oxygens (including phenoxy) is 1. The molecule has 4 nitrogen and oxygen atoms in total. The molecule has 0 bridgehead atoms. The number of nitrogens with zero attached hydrogens (tertiary/aromatic N) is 1. The zero-order valence-corrected chi connectivity index (χ0v) is 15.8. The number of carbonyl (C=O) groups excluding carboxylic acids is 1. The number of carbonyl (C=O) groups is 1. The highest BCUT2D eigenvalue weighted by atomic mass is 35.5. The highest BCUT2D eigenvalue weighted by molar-refractivity contribution is 6.21. The average molecular weight is 371 g/mol. The van der Waals surface area contributed by atoms with Crippen LogP contribution in [0.15, 0.2) is 47.7 Å². The van der Waals surface area contributed by atoms with Gasteiger partial charge in [-0.25, -0.2) is 4.79 Å². The third kappa shape index (κ3) is 1.77. The van der Waals surface area contributed by atoms with Gasteiger partial charge in [-0.15, -0.1) is 11.6 Å². The predicted molar refractivity (Wildman–Crippen MR) is 102 cm³/mol. The number of benzene rings is 1. The number of rotatable bonds is 2. The number of para-hydroxylation sites is 1. The number of alkyl halides is 1. The number of fused-ring (bicyclic) bond motifs is 1. The molecule has 1 fully saturated rings. The molecule has 4 unspecified atom stereocenters. The maximum Gasteiger partial charge on any atom is 0.335 e. The van der Waals surface area contributed by atoms with E-state index >= 15 is 0 Å². The summed E-state index contributed by atoms with van der Waals surface area (Å²) in [6.07, 6.45) is 6.10. The molecule has 0 radical (unpaired) electrons. The minimum absolute atomic E-state index is 0.0875. The molecule has 4 aliphatic rings.